The van der Waals surface area contributed by atoms with Gasteiger partial charge in [0.2, 0.25) is 5.91 Å². The average molecular weight is 464 g/mol. The van der Waals surface area contributed by atoms with Crippen molar-refractivity contribution in [1.29, 1.82) is 0 Å². The van der Waals surface area contributed by atoms with Crippen LogP contribution in [0, 0.1) is 0 Å². The number of hydrogen-bond acceptors (Lipinski definition) is 4. The summed E-state index contributed by atoms with van der Waals surface area (Å²) in [6.07, 6.45) is 0.914. The molecule has 8 heteroatoms. The van der Waals surface area contributed by atoms with Gasteiger partial charge < -0.3 is 25.4 Å². The van der Waals surface area contributed by atoms with Crippen molar-refractivity contribution in [3.63, 3.8) is 0 Å². The molecule has 0 saturated heterocycles. The third-order valence-corrected chi connectivity index (χ3v) is 3.23. The largest absolute Gasteiger partial charge is 0.497 e. The quantitative estimate of drug-likeness (QED) is 0.296. The van der Waals surface area contributed by atoms with Gasteiger partial charge in [0.25, 0.3) is 0 Å². The summed E-state index contributed by atoms with van der Waals surface area (Å²) in [6, 6.07) is 5.61. The fraction of sp³-hybridized carbons (Fsp3) is 0.529. The lowest BCUT2D eigenvalue weighted by molar-refractivity contribution is -0.120. The topological polar surface area (TPSA) is 84.0 Å². The van der Waals surface area contributed by atoms with Crippen LogP contribution in [0.4, 0.5) is 0 Å². The second-order valence-corrected chi connectivity index (χ2v) is 5.08. The first-order valence-corrected chi connectivity index (χ1v) is 8.14. The van der Waals surface area contributed by atoms with Gasteiger partial charge in [0.15, 0.2) is 5.96 Å². The number of aliphatic imine (C=N–C) groups is 1. The highest BCUT2D eigenvalue weighted by Gasteiger charge is 2.06. The number of amides is 1. The number of nitrogens with zero attached hydrogens (tertiary/aromatic N) is 1. The van der Waals surface area contributed by atoms with E-state index >= 15 is 0 Å². The molecule has 1 amide bonds. The predicted octanol–water partition coefficient (Wildman–Crippen LogP) is 1.90. The predicted molar refractivity (Wildman–Crippen MR) is 111 cm³/mol. The van der Waals surface area contributed by atoms with Gasteiger partial charge in [0.1, 0.15) is 11.5 Å². The van der Waals surface area contributed by atoms with E-state index in [1.165, 1.54) is 0 Å². The molecule has 1 aromatic rings. The summed E-state index contributed by atoms with van der Waals surface area (Å²) in [7, 11) is 3.23. The molecular weight excluding hydrogens is 435 g/mol. The number of rotatable bonds is 9. The highest BCUT2D eigenvalue weighted by Crippen LogP contribution is 2.25. The molecule has 0 aromatic heterocycles. The van der Waals surface area contributed by atoms with E-state index < -0.39 is 0 Å². The fourth-order valence-electron chi connectivity index (χ4n) is 1.98. The maximum Gasteiger partial charge on any atom is 0.239 e. The van der Waals surface area contributed by atoms with Gasteiger partial charge in [0, 0.05) is 24.7 Å². The van der Waals surface area contributed by atoms with Crippen LogP contribution in [0.2, 0.25) is 0 Å². The molecule has 0 saturated carbocycles. The van der Waals surface area contributed by atoms with Gasteiger partial charge in [-0.05, 0) is 25.5 Å². The maximum atomic E-state index is 11.7. The lowest BCUT2D eigenvalue weighted by Crippen LogP contribution is -2.43. The fourth-order valence-corrected chi connectivity index (χ4v) is 1.98. The van der Waals surface area contributed by atoms with E-state index in [0.29, 0.717) is 25.6 Å². The number of hydrogen-bond donors (Lipinski definition) is 3. The number of nitrogens with one attached hydrogen (secondary N) is 3. The third-order valence-electron chi connectivity index (χ3n) is 3.23. The van der Waals surface area contributed by atoms with Gasteiger partial charge in [-0.1, -0.05) is 6.92 Å². The summed E-state index contributed by atoms with van der Waals surface area (Å²) >= 11 is 0. The Morgan fingerprint density at radius 3 is 2.48 bits per heavy atom. The first-order valence-electron chi connectivity index (χ1n) is 8.14. The Kier molecular flexibility index (Phi) is 12.6. The Hall–Kier alpha value is -1.71. The lowest BCUT2D eigenvalue weighted by atomic mass is 10.2. The van der Waals surface area contributed by atoms with E-state index in [1.807, 2.05) is 32.0 Å². The molecule has 0 heterocycles. The minimum absolute atomic E-state index is 0. The number of ether oxygens (including phenoxy) is 2. The minimum atomic E-state index is -0.0514. The molecule has 1 rings (SSSR count). The normalized spacial score (nSPS) is 10.5. The molecule has 0 spiro atoms. The van der Waals surface area contributed by atoms with E-state index in [2.05, 4.69) is 20.9 Å². The van der Waals surface area contributed by atoms with Crippen molar-refractivity contribution in [3.05, 3.63) is 23.8 Å². The number of halogens is 1. The van der Waals surface area contributed by atoms with Crippen LogP contribution >= 0.6 is 24.0 Å². The Labute approximate surface area is 167 Å². The van der Waals surface area contributed by atoms with Crippen LogP contribution in [-0.4, -0.2) is 45.7 Å². The highest BCUT2D eigenvalue weighted by molar-refractivity contribution is 14.0. The first-order chi connectivity index (χ1) is 11.6. The zero-order chi connectivity index (χ0) is 17.8. The Morgan fingerprint density at radius 2 is 1.88 bits per heavy atom. The van der Waals surface area contributed by atoms with Crippen LogP contribution in [0.5, 0.6) is 11.5 Å². The second-order valence-electron chi connectivity index (χ2n) is 5.08. The molecule has 0 radical (unpaired) electrons. The monoisotopic (exact) mass is 464 g/mol. The van der Waals surface area contributed by atoms with Crippen molar-refractivity contribution in [2.75, 3.05) is 33.9 Å². The molecule has 0 aliphatic carbocycles. The summed E-state index contributed by atoms with van der Waals surface area (Å²) in [5.74, 6) is 1.98. The summed E-state index contributed by atoms with van der Waals surface area (Å²) in [4.78, 5) is 16.2. The first kappa shape index (κ1) is 23.3. The van der Waals surface area contributed by atoms with Crippen molar-refractivity contribution in [2.45, 2.75) is 26.8 Å². The summed E-state index contributed by atoms with van der Waals surface area (Å²) in [5, 5.41) is 8.96. The summed E-state index contributed by atoms with van der Waals surface area (Å²) < 4.78 is 10.6. The molecule has 0 atom stereocenters. The number of guanidine groups is 1. The van der Waals surface area contributed by atoms with Gasteiger partial charge in [-0.25, -0.2) is 4.99 Å². The minimum Gasteiger partial charge on any atom is -0.497 e. The Morgan fingerprint density at radius 1 is 1.12 bits per heavy atom. The van der Waals surface area contributed by atoms with Crippen LogP contribution in [-0.2, 0) is 11.3 Å². The molecule has 0 fully saturated rings. The highest BCUT2D eigenvalue weighted by atomic mass is 127. The molecule has 0 bridgehead atoms. The molecule has 25 heavy (non-hydrogen) atoms. The second kappa shape index (κ2) is 13.6. The number of methoxy groups -OCH3 is 2. The Balaban J connectivity index is 0.00000576. The number of carbonyl (C=O) groups is 1. The molecule has 3 N–H and O–H groups in total. The molecule has 142 valence electrons. The SMILES string of the molecule is CCCNC(=O)CNC(=NCc1ccc(OC)cc1OC)NCC.I. The van der Waals surface area contributed by atoms with E-state index in [-0.39, 0.29) is 36.4 Å². The molecule has 1 aromatic carbocycles. The lowest BCUT2D eigenvalue weighted by Gasteiger charge is -2.12. The molecule has 7 nitrogen and oxygen atoms in total. The van der Waals surface area contributed by atoms with Crippen LogP contribution < -0.4 is 25.4 Å². The van der Waals surface area contributed by atoms with E-state index in [1.54, 1.807) is 14.2 Å². The van der Waals surface area contributed by atoms with Crippen LogP contribution in [0.1, 0.15) is 25.8 Å². The summed E-state index contributed by atoms with van der Waals surface area (Å²) in [5.41, 5.74) is 0.936. The average Bonchev–Trinajstić information content (AvgIpc) is 2.61. The zero-order valence-electron chi connectivity index (χ0n) is 15.3. The van der Waals surface area contributed by atoms with Gasteiger partial charge in [-0.3, -0.25) is 4.79 Å². The summed E-state index contributed by atoms with van der Waals surface area (Å²) in [6.45, 7) is 5.99. The number of benzene rings is 1. The van der Waals surface area contributed by atoms with Crippen molar-refractivity contribution in [2.24, 2.45) is 4.99 Å². The van der Waals surface area contributed by atoms with Gasteiger partial charge in [0.05, 0.1) is 27.3 Å². The van der Waals surface area contributed by atoms with Crippen molar-refractivity contribution < 1.29 is 14.3 Å². The maximum absolute atomic E-state index is 11.7. The molecular formula is C17H29IN4O3. The molecule has 0 unspecified atom stereocenters. The van der Waals surface area contributed by atoms with Crippen molar-refractivity contribution in [3.8, 4) is 11.5 Å². The number of carbonyl (C=O) groups excluding carboxylic acids is 1. The Bertz CT molecular complexity index is 553. The van der Waals surface area contributed by atoms with Gasteiger partial charge >= 0.3 is 0 Å². The standard InChI is InChI=1S/C17H28N4O3.HI/c1-5-9-19-16(22)12-21-17(18-6-2)20-11-13-7-8-14(23-3)10-15(13)24-4;/h7-8,10H,5-6,9,11-12H2,1-4H3,(H,19,22)(H2,18,20,21);1H. The van der Waals surface area contributed by atoms with Crippen LogP contribution in [0.3, 0.4) is 0 Å². The third kappa shape index (κ3) is 8.80. The smallest absolute Gasteiger partial charge is 0.239 e. The van der Waals surface area contributed by atoms with Gasteiger partial charge in [-0.15, -0.1) is 24.0 Å². The van der Waals surface area contributed by atoms with Crippen molar-refractivity contribution >= 4 is 35.8 Å². The molecule has 0 aliphatic rings. The zero-order valence-corrected chi connectivity index (χ0v) is 17.7. The van der Waals surface area contributed by atoms with Gasteiger partial charge in [-0.2, -0.15) is 0 Å². The van der Waals surface area contributed by atoms with E-state index in [0.717, 1.165) is 23.5 Å². The van der Waals surface area contributed by atoms with E-state index in [9.17, 15) is 4.79 Å². The molecule has 0 aliphatic heterocycles. The van der Waals surface area contributed by atoms with Crippen molar-refractivity contribution in [1.82, 2.24) is 16.0 Å². The van der Waals surface area contributed by atoms with Crippen LogP contribution in [0.15, 0.2) is 23.2 Å². The van der Waals surface area contributed by atoms with Crippen LogP contribution in [0.25, 0.3) is 0 Å². The van der Waals surface area contributed by atoms with E-state index in [4.69, 9.17) is 9.47 Å².